The summed E-state index contributed by atoms with van der Waals surface area (Å²) in [5.74, 6) is 0.723. The number of esters is 1. The lowest BCUT2D eigenvalue weighted by Gasteiger charge is -2.30. The van der Waals surface area contributed by atoms with Gasteiger partial charge in [-0.15, -0.1) is 0 Å². The molecule has 0 atom stereocenters. The number of ether oxygens (including phenoxy) is 1. The van der Waals surface area contributed by atoms with Crippen LogP contribution in [-0.4, -0.2) is 23.7 Å². The average Bonchev–Trinajstić information content (AvgIpc) is 2.42. The summed E-state index contributed by atoms with van der Waals surface area (Å²) in [6.45, 7) is 4.98. The van der Waals surface area contributed by atoms with Crippen molar-refractivity contribution in [1.82, 2.24) is 0 Å². The molecular formula is C16H26O4. The largest absolute Gasteiger partial charge is 0.478 e. The Kier molecular flexibility index (Phi) is 7.34. The van der Waals surface area contributed by atoms with Crippen molar-refractivity contribution in [3.63, 3.8) is 0 Å². The highest BCUT2D eigenvalue weighted by atomic mass is 16.5. The van der Waals surface area contributed by atoms with E-state index in [2.05, 4.69) is 13.8 Å². The molecule has 1 aliphatic carbocycles. The number of carbonyl (C=O) groups excluding carboxylic acids is 1. The quantitative estimate of drug-likeness (QED) is 0.441. The van der Waals surface area contributed by atoms with Crippen LogP contribution >= 0.6 is 0 Å². The molecule has 0 saturated heterocycles. The lowest BCUT2D eigenvalue weighted by molar-refractivity contribution is -0.138. The molecule has 0 bridgehead atoms. The Labute approximate surface area is 121 Å². The number of rotatable bonds is 7. The molecule has 4 nitrogen and oxygen atoms in total. The summed E-state index contributed by atoms with van der Waals surface area (Å²) in [7, 11) is 0. The third-order valence-corrected chi connectivity index (χ3v) is 4.20. The van der Waals surface area contributed by atoms with Crippen LogP contribution < -0.4 is 0 Å². The van der Waals surface area contributed by atoms with Crippen molar-refractivity contribution in [1.29, 1.82) is 0 Å². The first-order valence-corrected chi connectivity index (χ1v) is 7.56. The molecule has 0 unspecified atom stereocenters. The minimum absolute atomic E-state index is 0.382. The van der Waals surface area contributed by atoms with Crippen LogP contribution in [0.3, 0.4) is 0 Å². The number of carboxylic acids is 1. The zero-order valence-electron chi connectivity index (χ0n) is 12.5. The monoisotopic (exact) mass is 282 g/mol. The highest BCUT2D eigenvalue weighted by Crippen LogP contribution is 2.35. The Morgan fingerprint density at radius 1 is 1.20 bits per heavy atom. The van der Waals surface area contributed by atoms with Gasteiger partial charge in [0.1, 0.15) is 0 Å². The predicted octanol–water partition coefficient (Wildman–Crippen LogP) is 3.41. The topological polar surface area (TPSA) is 63.6 Å². The molecule has 1 rings (SSSR count). The van der Waals surface area contributed by atoms with E-state index in [9.17, 15) is 9.59 Å². The van der Waals surface area contributed by atoms with Crippen LogP contribution in [0.5, 0.6) is 0 Å². The molecule has 0 amide bonds. The normalized spacial score (nSPS) is 23.1. The van der Waals surface area contributed by atoms with Gasteiger partial charge in [-0.05, 0) is 43.4 Å². The van der Waals surface area contributed by atoms with Gasteiger partial charge >= 0.3 is 11.9 Å². The van der Waals surface area contributed by atoms with Gasteiger partial charge < -0.3 is 9.84 Å². The van der Waals surface area contributed by atoms with Gasteiger partial charge in [0.25, 0.3) is 0 Å². The van der Waals surface area contributed by atoms with E-state index in [0.717, 1.165) is 42.7 Å². The third-order valence-electron chi connectivity index (χ3n) is 4.20. The van der Waals surface area contributed by atoms with Crippen molar-refractivity contribution < 1.29 is 19.4 Å². The van der Waals surface area contributed by atoms with Crippen molar-refractivity contribution >= 4 is 11.9 Å². The SMILES string of the molecule is CC(C)C1CCC(CCCOC(=O)/C=C/C(=O)O)CC1. The zero-order valence-corrected chi connectivity index (χ0v) is 12.5. The Balaban J connectivity index is 2.08. The van der Waals surface area contributed by atoms with E-state index in [1.165, 1.54) is 25.7 Å². The summed E-state index contributed by atoms with van der Waals surface area (Å²) in [5.41, 5.74) is 0. The maximum atomic E-state index is 11.1. The fourth-order valence-corrected chi connectivity index (χ4v) is 2.88. The Morgan fingerprint density at radius 3 is 2.40 bits per heavy atom. The minimum atomic E-state index is -1.14. The molecule has 1 fully saturated rings. The average molecular weight is 282 g/mol. The lowest BCUT2D eigenvalue weighted by Crippen LogP contribution is -2.19. The second kappa shape index (κ2) is 8.77. The third kappa shape index (κ3) is 6.73. The Bertz CT molecular complexity index is 338. The molecule has 0 aromatic rings. The zero-order chi connectivity index (χ0) is 15.0. The van der Waals surface area contributed by atoms with Gasteiger partial charge in [0, 0.05) is 12.2 Å². The van der Waals surface area contributed by atoms with Crippen molar-refractivity contribution in [3.8, 4) is 0 Å². The van der Waals surface area contributed by atoms with E-state index in [4.69, 9.17) is 9.84 Å². The highest BCUT2D eigenvalue weighted by molar-refractivity contribution is 5.90. The second-order valence-corrected chi connectivity index (χ2v) is 6.01. The van der Waals surface area contributed by atoms with Crippen LogP contribution in [0, 0.1) is 17.8 Å². The summed E-state index contributed by atoms with van der Waals surface area (Å²) in [6, 6.07) is 0. The van der Waals surface area contributed by atoms with Crippen molar-refractivity contribution in [3.05, 3.63) is 12.2 Å². The first kappa shape index (κ1) is 16.7. The molecule has 20 heavy (non-hydrogen) atoms. The maximum absolute atomic E-state index is 11.1. The molecule has 0 aliphatic heterocycles. The summed E-state index contributed by atoms with van der Waals surface area (Å²) >= 11 is 0. The number of aliphatic carboxylic acids is 1. The Morgan fingerprint density at radius 2 is 1.85 bits per heavy atom. The predicted molar refractivity (Wildman–Crippen MR) is 77.3 cm³/mol. The minimum Gasteiger partial charge on any atom is -0.478 e. The van der Waals surface area contributed by atoms with Gasteiger partial charge in [-0.1, -0.05) is 26.7 Å². The summed E-state index contributed by atoms with van der Waals surface area (Å²) in [6.07, 6.45) is 8.94. The standard InChI is InChI=1S/C16H26O4/c1-12(2)14-7-5-13(6-8-14)4-3-11-20-16(19)10-9-15(17)18/h9-10,12-14H,3-8,11H2,1-2H3,(H,17,18)/b10-9+. The molecule has 0 spiro atoms. The van der Waals surface area contributed by atoms with Gasteiger partial charge in [0.15, 0.2) is 0 Å². The van der Waals surface area contributed by atoms with Crippen LogP contribution in [0.2, 0.25) is 0 Å². The van der Waals surface area contributed by atoms with Crippen LogP contribution in [0.1, 0.15) is 52.4 Å². The first-order valence-electron chi connectivity index (χ1n) is 7.56. The van der Waals surface area contributed by atoms with E-state index >= 15 is 0 Å². The summed E-state index contributed by atoms with van der Waals surface area (Å²) in [5, 5.41) is 8.37. The fraction of sp³-hybridized carbons (Fsp3) is 0.750. The summed E-state index contributed by atoms with van der Waals surface area (Å²) < 4.78 is 4.95. The smallest absolute Gasteiger partial charge is 0.331 e. The molecule has 1 aliphatic rings. The molecule has 0 aromatic heterocycles. The van der Waals surface area contributed by atoms with E-state index < -0.39 is 11.9 Å². The molecule has 1 saturated carbocycles. The van der Waals surface area contributed by atoms with Gasteiger partial charge in [-0.2, -0.15) is 0 Å². The van der Waals surface area contributed by atoms with Crippen LogP contribution in [-0.2, 0) is 14.3 Å². The van der Waals surface area contributed by atoms with Crippen molar-refractivity contribution in [2.75, 3.05) is 6.61 Å². The van der Waals surface area contributed by atoms with E-state index in [1.807, 2.05) is 0 Å². The molecule has 114 valence electrons. The molecule has 0 radical (unpaired) electrons. The lowest BCUT2D eigenvalue weighted by atomic mass is 9.76. The number of hydrogen-bond acceptors (Lipinski definition) is 3. The van der Waals surface area contributed by atoms with Crippen molar-refractivity contribution in [2.24, 2.45) is 17.8 Å². The van der Waals surface area contributed by atoms with Crippen LogP contribution in [0.25, 0.3) is 0 Å². The molecular weight excluding hydrogens is 256 g/mol. The van der Waals surface area contributed by atoms with Crippen LogP contribution in [0.4, 0.5) is 0 Å². The molecule has 0 heterocycles. The number of hydrogen-bond donors (Lipinski definition) is 1. The van der Waals surface area contributed by atoms with Crippen molar-refractivity contribution in [2.45, 2.75) is 52.4 Å². The van der Waals surface area contributed by atoms with E-state index in [0.29, 0.717) is 6.61 Å². The first-order chi connectivity index (χ1) is 9.49. The molecule has 1 N–H and O–H groups in total. The fourth-order valence-electron chi connectivity index (χ4n) is 2.88. The second-order valence-electron chi connectivity index (χ2n) is 6.01. The number of carboxylic acid groups (broad SMARTS) is 1. The van der Waals surface area contributed by atoms with Gasteiger partial charge in [0.05, 0.1) is 6.61 Å². The van der Waals surface area contributed by atoms with Gasteiger partial charge in [-0.3, -0.25) is 0 Å². The molecule has 4 heteroatoms. The summed E-state index contributed by atoms with van der Waals surface area (Å²) in [4.78, 5) is 21.4. The van der Waals surface area contributed by atoms with E-state index in [-0.39, 0.29) is 0 Å². The number of carbonyl (C=O) groups is 2. The molecule has 0 aromatic carbocycles. The van der Waals surface area contributed by atoms with Gasteiger partial charge in [-0.25, -0.2) is 9.59 Å². The van der Waals surface area contributed by atoms with Gasteiger partial charge in [0.2, 0.25) is 0 Å². The Hall–Kier alpha value is -1.32. The van der Waals surface area contributed by atoms with Crippen LogP contribution in [0.15, 0.2) is 12.2 Å². The highest BCUT2D eigenvalue weighted by Gasteiger charge is 2.22. The maximum Gasteiger partial charge on any atom is 0.331 e. The van der Waals surface area contributed by atoms with E-state index in [1.54, 1.807) is 0 Å².